The van der Waals surface area contributed by atoms with E-state index in [0.717, 1.165) is 34.6 Å². The van der Waals surface area contributed by atoms with E-state index in [2.05, 4.69) is 44.1 Å². The van der Waals surface area contributed by atoms with Crippen LogP contribution >= 0.6 is 11.6 Å². The molecule has 0 heterocycles. The van der Waals surface area contributed by atoms with Crippen molar-refractivity contribution in [3.63, 3.8) is 0 Å². The summed E-state index contributed by atoms with van der Waals surface area (Å²) in [6.07, 6.45) is 4.86. The minimum Gasteiger partial charge on any atom is -0.383 e. The van der Waals surface area contributed by atoms with E-state index in [-0.39, 0.29) is 6.04 Å². The van der Waals surface area contributed by atoms with Crippen molar-refractivity contribution in [3.05, 3.63) is 76.3 Å². The molecular weight excluding hydrogens is 342 g/mol. The highest BCUT2D eigenvalue weighted by Crippen LogP contribution is 2.42. The molecule has 3 unspecified atom stereocenters. The van der Waals surface area contributed by atoms with Gasteiger partial charge in [-0.25, -0.2) is 0 Å². The first-order valence-electron chi connectivity index (χ1n) is 9.30. The highest BCUT2D eigenvalue weighted by atomic mass is 35.5. The minimum atomic E-state index is -0.898. The Bertz CT molecular complexity index is 754. The summed E-state index contributed by atoms with van der Waals surface area (Å²) in [6.45, 7) is 2.23. The standard InChI is InChI=1S/C23H28ClNO/c1-17-9-14-22(25(2)3)23(26,16-19-10-12-20(24)13-11-19)21(17)15-18-7-5-4-6-8-18/h4-8,10-13,15,17,22,26H,9,14,16H2,1-3H3. The number of nitrogens with zero attached hydrogens (tertiary/aromatic N) is 1. The van der Waals surface area contributed by atoms with E-state index < -0.39 is 5.60 Å². The summed E-state index contributed by atoms with van der Waals surface area (Å²) < 4.78 is 0. The van der Waals surface area contributed by atoms with Gasteiger partial charge in [-0.15, -0.1) is 0 Å². The molecule has 1 aliphatic carbocycles. The zero-order valence-electron chi connectivity index (χ0n) is 15.8. The van der Waals surface area contributed by atoms with Crippen molar-refractivity contribution in [1.82, 2.24) is 4.90 Å². The van der Waals surface area contributed by atoms with Crippen molar-refractivity contribution in [2.45, 2.75) is 37.8 Å². The molecule has 1 aliphatic rings. The summed E-state index contributed by atoms with van der Waals surface area (Å²) in [6, 6.07) is 18.2. The van der Waals surface area contributed by atoms with Gasteiger partial charge in [0.15, 0.2) is 0 Å². The lowest BCUT2D eigenvalue weighted by Gasteiger charge is -2.48. The van der Waals surface area contributed by atoms with Gasteiger partial charge in [0, 0.05) is 17.5 Å². The molecule has 138 valence electrons. The van der Waals surface area contributed by atoms with Crippen molar-refractivity contribution in [2.75, 3.05) is 14.1 Å². The fourth-order valence-electron chi connectivity index (χ4n) is 4.24. The van der Waals surface area contributed by atoms with Crippen molar-refractivity contribution in [1.29, 1.82) is 0 Å². The average molecular weight is 370 g/mol. The Labute approximate surface area is 162 Å². The Morgan fingerprint density at radius 2 is 1.73 bits per heavy atom. The monoisotopic (exact) mass is 369 g/mol. The van der Waals surface area contributed by atoms with Gasteiger partial charge in [0.2, 0.25) is 0 Å². The normalized spacial score (nSPS) is 27.8. The van der Waals surface area contributed by atoms with Gasteiger partial charge in [0.1, 0.15) is 5.60 Å². The molecule has 3 heteroatoms. The zero-order valence-corrected chi connectivity index (χ0v) is 16.6. The predicted molar refractivity (Wildman–Crippen MR) is 110 cm³/mol. The lowest BCUT2D eigenvalue weighted by Crippen LogP contribution is -2.56. The maximum atomic E-state index is 12.0. The van der Waals surface area contributed by atoms with Crippen LogP contribution in [0.3, 0.4) is 0 Å². The first-order valence-corrected chi connectivity index (χ1v) is 9.68. The molecule has 2 aromatic rings. The summed E-state index contributed by atoms with van der Waals surface area (Å²) in [4.78, 5) is 2.17. The van der Waals surface area contributed by atoms with Gasteiger partial charge in [-0.3, -0.25) is 0 Å². The third-order valence-corrected chi connectivity index (χ3v) is 5.84. The first kappa shape index (κ1) is 19.2. The number of rotatable bonds is 4. The van der Waals surface area contributed by atoms with Crippen LogP contribution in [0.2, 0.25) is 5.02 Å². The summed E-state index contributed by atoms with van der Waals surface area (Å²) in [5, 5.41) is 12.7. The predicted octanol–water partition coefficient (Wildman–Crippen LogP) is 5.06. The largest absolute Gasteiger partial charge is 0.383 e. The lowest BCUT2D eigenvalue weighted by atomic mass is 9.67. The molecule has 0 amide bonds. The molecule has 1 N–H and O–H groups in total. The molecule has 0 saturated heterocycles. The fourth-order valence-corrected chi connectivity index (χ4v) is 4.36. The van der Waals surface area contributed by atoms with Gasteiger partial charge < -0.3 is 10.0 Å². The van der Waals surface area contributed by atoms with E-state index in [4.69, 9.17) is 11.6 Å². The first-order chi connectivity index (χ1) is 12.4. The Hall–Kier alpha value is -1.61. The summed E-state index contributed by atoms with van der Waals surface area (Å²) in [5.41, 5.74) is 2.48. The second-order valence-electron chi connectivity index (χ2n) is 7.70. The smallest absolute Gasteiger partial charge is 0.106 e. The van der Waals surface area contributed by atoms with Gasteiger partial charge in [-0.1, -0.05) is 67.1 Å². The minimum absolute atomic E-state index is 0.0874. The Kier molecular flexibility index (Phi) is 5.86. The number of hydrogen-bond donors (Lipinski definition) is 1. The summed E-state index contributed by atoms with van der Waals surface area (Å²) in [7, 11) is 4.13. The van der Waals surface area contributed by atoms with Gasteiger partial charge in [-0.2, -0.15) is 0 Å². The molecule has 0 spiro atoms. The molecule has 0 bridgehead atoms. The third kappa shape index (κ3) is 4.03. The maximum absolute atomic E-state index is 12.0. The molecule has 3 atom stereocenters. The summed E-state index contributed by atoms with van der Waals surface area (Å²) >= 11 is 6.05. The van der Waals surface area contributed by atoms with Crippen LogP contribution in [0.15, 0.2) is 60.2 Å². The highest BCUT2D eigenvalue weighted by molar-refractivity contribution is 6.30. The summed E-state index contributed by atoms with van der Waals surface area (Å²) in [5.74, 6) is 0.351. The molecule has 0 radical (unpaired) electrons. The molecule has 2 nitrogen and oxygen atoms in total. The van der Waals surface area contributed by atoms with Gasteiger partial charge >= 0.3 is 0 Å². The van der Waals surface area contributed by atoms with E-state index in [1.54, 1.807) is 0 Å². The van der Waals surface area contributed by atoms with Crippen LogP contribution in [0, 0.1) is 5.92 Å². The second-order valence-corrected chi connectivity index (χ2v) is 8.13. The van der Waals surface area contributed by atoms with Crippen LogP contribution in [-0.4, -0.2) is 35.7 Å². The molecular formula is C23H28ClNO. The molecule has 0 aromatic heterocycles. The SMILES string of the molecule is CC1CCC(N(C)C)C(O)(Cc2ccc(Cl)cc2)C1=Cc1ccccc1. The van der Waals surface area contributed by atoms with E-state index in [0.29, 0.717) is 12.3 Å². The molecule has 3 rings (SSSR count). The number of benzene rings is 2. The Morgan fingerprint density at radius 3 is 2.35 bits per heavy atom. The second kappa shape index (κ2) is 7.96. The van der Waals surface area contributed by atoms with Gasteiger partial charge in [0.25, 0.3) is 0 Å². The van der Waals surface area contributed by atoms with Crippen molar-refractivity contribution in [3.8, 4) is 0 Å². The van der Waals surface area contributed by atoms with Crippen LogP contribution in [-0.2, 0) is 6.42 Å². The average Bonchev–Trinajstić information content (AvgIpc) is 2.61. The fraction of sp³-hybridized carbons (Fsp3) is 0.391. The number of halogens is 1. The Balaban J connectivity index is 2.05. The van der Waals surface area contributed by atoms with Crippen LogP contribution in [0.1, 0.15) is 30.9 Å². The highest BCUT2D eigenvalue weighted by Gasteiger charge is 2.46. The van der Waals surface area contributed by atoms with Crippen molar-refractivity contribution < 1.29 is 5.11 Å². The topological polar surface area (TPSA) is 23.5 Å². The van der Waals surface area contributed by atoms with E-state index >= 15 is 0 Å². The third-order valence-electron chi connectivity index (χ3n) is 5.59. The lowest BCUT2D eigenvalue weighted by molar-refractivity contribution is -0.0284. The zero-order chi connectivity index (χ0) is 18.7. The molecule has 0 aliphatic heterocycles. The van der Waals surface area contributed by atoms with E-state index in [9.17, 15) is 5.11 Å². The van der Waals surface area contributed by atoms with Crippen molar-refractivity contribution >= 4 is 17.7 Å². The number of hydrogen-bond acceptors (Lipinski definition) is 2. The Morgan fingerprint density at radius 1 is 1.08 bits per heavy atom. The quantitative estimate of drug-likeness (QED) is 0.814. The molecule has 26 heavy (non-hydrogen) atoms. The van der Waals surface area contributed by atoms with Crippen LogP contribution in [0.4, 0.5) is 0 Å². The van der Waals surface area contributed by atoms with Crippen LogP contribution in [0.25, 0.3) is 6.08 Å². The van der Waals surface area contributed by atoms with E-state index in [1.165, 1.54) is 0 Å². The van der Waals surface area contributed by atoms with Gasteiger partial charge in [0.05, 0.1) is 0 Å². The molecule has 2 aromatic carbocycles. The van der Waals surface area contributed by atoms with Gasteiger partial charge in [-0.05, 0) is 61.7 Å². The number of aliphatic hydroxyl groups is 1. The maximum Gasteiger partial charge on any atom is 0.106 e. The molecule has 1 fully saturated rings. The number of likely N-dealkylation sites (N-methyl/N-ethyl adjacent to an activating group) is 1. The van der Waals surface area contributed by atoms with Crippen LogP contribution < -0.4 is 0 Å². The molecule has 1 saturated carbocycles. The van der Waals surface area contributed by atoms with Crippen molar-refractivity contribution in [2.24, 2.45) is 5.92 Å². The van der Waals surface area contributed by atoms with E-state index in [1.807, 2.05) is 42.5 Å². The van der Waals surface area contributed by atoms with Crippen LogP contribution in [0.5, 0.6) is 0 Å².